The summed E-state index contributed by atoms with van der Waals surface area (Å²) in [7, 11) is -3.97. The quantitative estimate of drug-likeness (QED) is 0.155. The molecular weight excluding hydrogens is 589 g/mol. The number of para-hydroxylation sites is 1. The van der Waals surface area contributed by atoms with E-state index in [4.69, 9.17) is 4.74 Å². The molecule has 0 bridgehead atoms. The Morgan fingerprint density at radius 2 is 1.42 bits per heavy atom. The third kappa shape index (κ3) is 6.70. The van der Waals surface area contributed by atoms with Crippen LogP contribution in [0, 0.1) is 3.57 Å². The van der Waals surface area contributed by atoms with Gasteiger partial charge in [0.2, 0.25) is 0 Å². The van der Waals surface area contributed by atoms with Crippen molar-refractivity contribution in [3.63, 3.8) is 0 Å². The van der Waals surface area contributed by atoms with Crippen LogP contribution in [0.1, 0.15) is 5.56 Å². The zero-order valence-electron chi connectivity index (χ0n) is 19.0. The van der Waals surface area contributed by atoms with E-state index in [2.05, 4.69) is 33.1 Å². The molecule has 4 aromatic carbocycles. The third-order valence-corrected chi connectivity index (χ3v) is 7.50. The van der Waals surface area contributed by atoms with Gasteiger partial charge in [-0.05, 0) is 101 Å². The molecule has 182 valence electrons. The maximum absolute atomic E-state index is 13.3. The standard InChI is InChI=1S/C27H22IN3O4S/c28-22-13-15-23(16-14-22)31(36(33,34)26-9-5-2-6-10-26)20-27(32)30-29-19-21-11-17-25(18-12-21)35-24-7-3-1-4-8-24/h1-19H,20H2,(H,30,32)/b29-19-. The number of anilines is 1. The van der Waals surface area contributed by atoms with Crippen LogP contribution in [0.25, 0.3) is 0 Å². The van der Waals surface area contributed by atoms with Gasteiger partial charge in [-0.15, -0.1) is 0 Å². The number of nitrogens with zero attached hydrogens (tertiary/aromatic N) is 2. The first-order valence-corrected chi connectivity index (χ1v) is 13.4. The Morgan fingerprint density at radius 3 is 2.06 bits per heavy atom. The Balaban J connectivity index is 1.43. The number of hydrogen-bond donors (Lipinski definition) is 1. The van der Waals surface area contributed by atoms with E-state index in [0.29, 0.717) is 11.4 Å². The largest absolute Gasteiger partial charge is 0.457 e. The van der Waals surface area contributed by atoms with Gasteiger partial charge in [0, 0.05) is 3.57 Å². The van der Waals surface area contributed by atoms with Gasteiger partial charge in [0.1, 0.15) is 18.0 Å². The molecule has 1 amide bonds. The molecular formula is C27H22IN3O4S. The van der Waals surface area contributed by atoms with Crippen molar-refractivity contribution in [2.75, 3.05) is 10.8 Å². The van der Waals surface area contributed by atoms with E-state index in [9.17, 15) is 13.2 Å². The molecule has 0 unspecified atom stereocenters. The minimum absolute atomic E-state index is 0.0951. The number of carbonyl (C=O) groups excluding carboxylic acids is 1. The lowest BCUT2D eigenvalue weighted by atomic mass is 10.2. The lowest BCUT2D eigenvalue weighted by Crippen LogP contribution is -2.39. The fourth-order valence-electron chi connectivity index (χ4n) is 3.23. The summed E-state index contributed by atoms with van der Waals surface area (Å²) in [5.74, 6) is 0.823. The van der Waals surface area contributed by atoms with Crippen LogP contribution in [-0.2, 0) is 14.8 Å². The molecule has 0 radical (unpaired) electrons. The number of benzene rings is 4. The number of carbonyl (C=O) groups is 1. The van der Waals surface area contributed by atoms with Crippen molar-refractivity contribution >= 4 is 50.4 Å². The van der Waals surface area contributed by atoms with E-state index >= 15 is 0 Å². The van der Waals surface area contributed by atoms with Gasteiger partial charge in [0.25, 0.3) is 15.9 Å². The van der Waals surface area contributed by atoms with E-state index in [1.165, 1.54) is 18.3 Å². The monoisotopic (exact) mass is 611 g/mol. The summed E-state index contributed by atoms with van der Waals surface area (Å²) in [4.78, 5) is 12.8. The first-order chi connectivity index (χ1) is 17.4. The Morgan fingerprint density at radius 1 is 0.833 bits per heavy atom. The van der Waals surface area contributed by atoms with Gasteiger partial charge < -0.3 is 4.74 Å². The molecule has 36 heavy (non-hydrogen) atoms. The van der Waals surface area contributed by atoms with Gasteiger partial charge in [0.15, 0.2) is 0 Å². The molecule has 0 fully saturated rings. The summed E-state index contributed by atoms with van der Waals surface area (Å²) < 4.78 is 34.4. The third-order valence-electron chi connectivity index (χ3n) is 4.99. The summed E-state index contributed by atoms with van der Waals surface area (Å²) in [6, 6.07) is 31.5. The number of rotatable bonds is 9. The molecule has 4 aromatic rings. The van der Waals surface area contributed by atoms with Gasteiger partial charge in [-0.3, -0.25) is 9.10 Å². The zero-order chi connectivity index (χ0) is 25.4. The molecule has 0 saturated carbocycles. The van der Waals surface area contributed by atoms with E-state index in [1.54, 1.807) is 66.7 Å². The molecule has 1 N–H and O–H groups in total. The minimum Gasteiger partial charge on any atom is -0.457 e. The van der Waals surface area contributed by atoms with Crippen molar-refractivity contribution < 1.29 is 17.9 Å². The summed E-state index contributed by atoms with van der Waals surface area (Å²) in [5.41, 5.74) is 3.53. The smallest absolute Gasteiger partial charge is 0.264 e. The van der Waals surface area contributed by atoms with Crippen molar-refractivity contribution in [3.8, 4) is 11.5 Å². The highest BCUT2D eigenvalue weighted by Crippen LogP contribution is 2.24. The molecule has 4 rings (SSSR count). The van der Waals surface area contributed by atoms with Crippen LogP contribution in [-0.4, -0.2) is 27.1 Å². The first-order valence-electron chi connectivity index (χ1n) is 10.9. The van der Waals surface area contributed by atoms with Crippen molar-refractivity contribution in [1.29, 1.82) is 0 Å². The average molecular weight is 611 g/mol. The maximum atomic E-state index is 13.3. The number of hydrazone groups is 1. The average Bonchev–Trinajstić information content (AvgIpc) is 2.90. The molecule has 0 spiro atoms. The Bertz CT molecular complexity index is 1430. The first kappa shape index (κ1) is 25.4. The van der Waals surface area contributed by atoms with Crippen molar-refractivity contribution in [1.82, 2.24) is 5.43 Å². The van der Waals surface area contributed by atoms with Crippen LogP contribution in [0.2, 0.25) is 0 Å². The predicted molar refractivity (Wildman–Crippen MR) is 149 cm³/mol. The minimum atomic E-state index is -3.97. The van der Waals surface area contributed by atoms with Crippen LogP contribution >= 0.6 is 22.6 Å². The summed E-state index contributed by atoms with van der Waals surface area (Å²) in [6.45, 7) is -0.432. The van der Waals surface area contributed by atoms with Crippen molar-refractivity contribution in [2.24, 2.45) is 5.10 Å². The second-order valence-corrected chi connectivity index (χ2v) is 10.7. The highest BCUT2D eigenvalue weighted by molar-refractivity contribution is 14.1. The Kier molecular flexibility index (Phi) is 8.34. The van der Waals surface area contributed by atoms with Crippen LogP contribution < -0.4 is 14.5 Å². The second-order valence-electron chi connectivity index (χ2n) is 7.58. The predicted octanol–water partition coefficient (Wildman–Crippen LogP) is 5.43. The van der Waals surface area contributed by atoms with Gasteiger partial charge in [-0.25, -0.2) is 13.8 Å². The van der Waals surface area contributed by atoms with Crippen LogP contribution in [0.3, 0.4) is 0 Å². The molecule has 0 atom stereocenters. The summed E-state index contributed by atoms with van der Waals surface area (Å²) in [6.07, 6.45) is 1.48. The number of hydrogen-bond acceptors (Lipinski definition) is 5. The fraction of sp³-hybridized carbons (Fsp3) is 0.0370. The SMILES string of the molecule is O=C(CN(c1ccc(I)cc1)S(=O)(=O)c1ccccc1)N/N=C\c1ccc(Oc2ccccc2)cc1. The fourth-order valence-corrected chi connectivity index (χ4v) is 5.03. The van der Waals surface area contributed by atoms with Gasteiger partial charge >= 0.3 is 0 Å². The van der Waals surface area contributed by atoms with Crippen LogP contribution in [0.5, 0.6) is 11.5 Å². The normalized spacial score (nSPS) is 11.2. The molecule has 0 aliphatic heterocycles. The zero-order valence-corrected chi connectivity index (χ0v) is 22.0. The molecule has 0 aromatic heterocycles. The van der Waals surface area contributed by atoms with Gasteiger partial charge in [-0.2, -0.15) is 5.10 Å². The lowest BCUT2D eigenvalue weighted by molar-refractivity contribution is -0.119. The lowest BCUT2D eigenvalue weighted by Gasteiger charge is -2.23. The van der Waals surface area contributed by atoms with Crippen LogP contribution in [0.15, 0.2) is 119 Å². The van der Waals surface area contributed by atoms with Crippen LogP contribution in [0.4, 0.5) is 5.69 Å². The second kappa shape index (κ2) is 11.8. The number of sulfonamides is 1. The number of halogens is 1. The molecule has 0 saturated heterocycles. The summed E-state index contributed by atoms with van der Waals surface area (Å²) >= 11 is 2.13. The van der Waals surface area contributed by atoms with Crippen molar-refractivity contribution in [2.45, 2.75) is 4.90 Å². The summed E-state index contributed by atoms with van der Waals surface area (Å²) in [5, 5.41) is 3.98. The molecule has 7 nitrogen and oxygen atoms in total. The van der Waals surface area contributed by atoms with E-state index in [1.807, 2.05) is 30.3 Å². The maximum Gasteiger partial charge on any atom is 0.264 e. The molecule has 0 aliphatic carbocycles. The van der Waals surface area contributed by atoms with Gasteiger partial charge in [-0.1, -0.05) is 36.4 Å². The van der Waals surface area contributed by atoms with Gasteiger partial charge in [0.05, 0.1) is 16.8 Å². The molecule has 9 heteroatoms. The number of ether oxygens (including phenoxy) is 1. The number of amides is 1. The highest BCUT2D eigenvalue weighted by Gasteiger charge is 2.27. The molecule has 0 aliphatic rings. The highest BCUT2D eigenvalue weighted by atomic mass is 127. The Labute approximate surface area is 223 Å². The van der Waals surface area contributed by atoms with E-state index < -0.39 is 22.5 Å². The van der Waals surface area contributed by atoms with E-state index in [-0.39, 0.29) is 4.90 Å². The Hall–Kier alpha value is -3.70. The topological polar surface area (TPSA) is 88.1 Å². The number of nitrogens with one attached hydrogen (secondary N) is 1. The van der Waals surface area contributed by atoms with Crippen molar-refractivity contribution in [3.05, 3.63) is 118 Å². The van der Waals surface area contributed by atoms with E-state index in [0.717, 1.165) is 19.2 Å². The molecule has 0 heterocycles.